The third-order valence-electron chi connectivity index (χ3n) is 6.37. The van der Waals surface area contributed by atoms with E-state index in [4.69, 9.17) is 0 Å². The number of phenols is 1. The molecule has 1 heterocycles. The molecule has 0 radical (unpaired) electrons. The summed E-state index contributed by atoms with van der Waals surface area (Å²) in [6, 6.07) is 16.0. The maximum atomic E-state index is 11.2. The maximum absolute atomic E-state index is 11.2. The minimum absolute atomic E-state index is 0.331. The Labute approximate surface area is 156 Å². The number of phenolic OH excluding ortho intramolecular Hbond substituents is 1. The number of nitrogens with zero attached hydrogens (tertiary/aromatic N) is 1. The van der Waals surface area contributed by atoms with Gasteiger partial charge in [-0.2, -0.15) is 0 Å². The molecule has 2 aliphatic rings. The lowest BCUT2D eigenvalue weighted by Crippen LogP contribution is -2.33. The Balaban J connectivity index is 1.31. The predicted octanol–water partition coefficient (Wildman–Crippen LogP) is 3.56. The van der Waals surface area contributed by atoms with E-state index >= 15 is 0 Å². The van der Waals surface area contributed by atoms with Crippen LogP contribution < -0.4 is 0 Å². The number of hydrogen-bond donors (Lipinski definition) is 2. The first-order valence-electron chi connectivity index (χ1n) is 9.78. The van der Waals surface area contributed by atoms with Crippen molar-refractivity contribution in [1.82, 2.24) is 4.90 Å². The highest BCUT2D eigenvalue weighted by Crippen LogP contribution is 2.45. The highest BCUT2D eigenvalue weighted by Gasteiger charge is 2.47. The van der Waals surface area contributed by atoms with Gasteiger partial charge in [0.2, 0.25) is 0 Å². The summed E-state index contributed by atoms with van der Waals surface area (Å²) >= 11 is 0. The number of benzene rings is 2. The van der Waals surface area contributed by atoms with E-state index in [1.165, 1.54) is 16.7 Å². The molecule has 1 saturated heterocycles. The Bertz CT molecular complexity index is 741. The van der Waals surface area contributed by atoms with Crippen molar-refractivity contribution in [2.45, 2.75) is 38.2 Å². The molecule has 0 spiro atoms. The molecule has 1 saturated carbocycles. The molecule has 3 nitrogen and oxygen atoms in total. The number of fused-ring (bicyclic) bond motifs is 1. The first-order valence-corrected chi connectivity index (χ1v) is 9.78. The average Bonchev–Trinajstić information content (AvgIpc) is 3.11. The normalized spacial score (nSPS) is 28.4. The Morgan fingerprint density at radius 1 is 1.00 bits per heavy atom. The Morgan fingerprint density at radius 2 is 1.65 bits per heavy atom. The summed E-state index contributed by atoms with van der Waals surface area (Å²) in [4.78, 5) is 2.55. The summed E-state index contributed by atoms with van der Waals surface area (Å²) < 4.78 is 0. The molecule has 1 aliphatic carbocycles. The van der Waals surface area contributed by atoms with Crippen LogP contribution in [0.25, 0.3) is 0 Å². The third-order valence-corrected chi connectivity index (χ3v) is 6.37. The quantitative estimate of drug-likeness (QED) is 0.866. The number of hydrogen-bond acceptors (Lipinski definition) is 3. The van der Waals surface area contributed by atoms with Crippen LogP contribution in [-0.4, -0.2) is 40.3 Å². The number of rotatable bonds is 5. The molecule has 3 atom stereocenters. The van der Waals surface area contributed by atoms with Gasteiger partial charge in [-0.3, -0.25) is 0 Å². The second-order valence-corrected chi connectivity index (χ2v) is 8.43. The van der Waals surface area contributed by atoms with Crippen LogP contribution in [0.3, 0.4) is 0 Å². The van der Waals surface area contributed by atoms with Crippen molar-refractivity contribution in [2.24, 2.45) is 11.8 Å². The van der Waals surface area contributed by atoms with E-state index in [0.29, 0.717) is 17.6 Å². The standard InChI is InChI=1S/C23H29NO2/c1-17-4-2-3-5-19(17)12-23(26)13-20-15-24(16-21(20)14-23)11-10-18-6-8-22(25)9-7-18/h2-9,20-21,25-26H,10-16H2,1H3/t20-,21+,23?. The number of likely N-dealkylation sites (tertiary alicyclic amines) is 1. The van der Waals surface area contributed by atoms with E-state index in [0.717, 1.165) is 45.3 Å². The van der Waals surface area contributed by atoms with Crippen LogP contribution in [-0.2, 0) is 12.8 Å². The van der Waals surface area contributed by atoms with Crippen molar-refractivity contribution in [1.29, 1.82) is 0 Å². The fraction of sp³-hybridized carbons (Fsp3) is 0.478. The Hall–Kier alpha value is -1.84. The van der Waals surface area contributed by atoms with Gasteiger partial charge in [0.1, 0.15) is 5.75 Å². The molecular weight excluding hydrogens is 322 g/mol. The van der Waals surface area contributed by atoms with Crippen LogP contribution in [0.2, 0.25) is 0 Å². The largest absolute Gasteiger partial charge is 0.508 e. The molecule has 2 N–H and O–H groups in total. The highest BCUT2D eigenvalue weighted by molar-refractivity contribution is 5.28. The lowest BCUT2D eigenvalue weighted by atomic mass is 9.89. The van der Waals surface area contributed by atoms with Crippen LogP contribution in [0.15, 0.2) is 48.5 Å². The highest BCUT2D eigenvalue weighted by atomic mass is 16.3. The summed E-state index contributed by atoms with van der Waals surface area (Å²) in [5.41, 5.74) is 3.33. The Morgan fingerprint density at radius 3 is 2.31 bits per heavy atom. The van der Waals surface area contributed by atoms with Crippen LogP contribution in [0.4, 0.5) is 0 Å². The fourth-order valence-corrected chi connectivity index (χ4v) is 5.00. The second kappa shape index (κ2) is 7.05. The zero-order chi connectivity index (χ0) is 18.1. The SMILES string of the molecule is Cc1ccccc1CC1(O)C[C@H]2CN(CCc3ccc(O)cc3)C[C@H]2C1. The van der Waals surface area contributed by atoms with Crippen molar-refractivity contribution in [2.75, 3.05) is 19.6 Å². The fourth-order valence-electron chi connectivity index (χ4n) is 5.00. The second-order valence-electron chi connectivity index (χ2n) is 8.43. The summed E-state index contributed by atoms with van der Waals surface area (Å²) in [6.07, 6.45) is 3.68. The van der Waals surface area contributed by atoms with Gasteiger partial charge in [0, 0.05) is 26.1 Å². The molecule has 2 aromatic carbocycles. The molecule has 0 aromatic heterocycles. The zero-order valence-electron chi connectivity index (χ0n) is 15.6. The van der Waals surface area contributed by atoms with E-state index in [9.17, 15) is 10.2 Å². The van der Waals surface area contributed by atoms with Gasteiger partial charge >= 0.3 is 0 Å². The van der Waals surface area contributed by atoms with Gasteiger partial charge in [-0.05, 0) is 66.8 Å². The van der Waals surface area contributed by atoms with Gasteiger partial charge < -0.3 is 15.1 Å². The summed E-state index contributed by atoms with van der Waals surface area (Å²) in [6.45, 7) is 5.42. The first kappa shape index (κ1) is 17.6. The van der Waals surface area contributed by atoms with Crippen molar-refractivity contribution in [3.8, 4) is 5.75 Å². The summed E-state index contributed by atoms with van der Waals surface area (Å²) in [5.74, 6) is 1.59. The molecule has 2 fully saturated rings. The smallest absolute Gasteiger partial charge is 0.115 e. The average molecular weight is 351 g/mol. The lowest BCUT2D eigenvalue weighted by Gasteiger charge is -2.26. The number of aliphatic hydroxyl groups is 1. The van der Waals surface area contributed by atoms with E-state index in [1.807, 2.05) is 12.1 Å². The van der Waals surface area contributed by atoms with Crippen LogP contribution in [0, 0.1) is 18.8 Å². The van der Waals surface area contributed by atoms with Gasteiger partial charge in [-0.15, -0.1) is 0 Å². The molecule has 1 aliphatic heterocycles. The summed E-state index contributed by atoms with van der Waals surface area (Å²) in [5, 5.41) is 20.5. The van der Waals surface area contributed by atoms with Crippen molar-refractivity contribution >= 4 is 0 Å². The van der Waals surface area contributed by atoms with E-state index < -0.39 is 5.60 Å². The topological polar surface area (TPSA) is 43.7 Å². The number of aromatic hydroxyl groups is 1. The molecule has 2 aromatic rings. The lowest BCUT2D eigenvalue weighted by molar-refractivity contribution is 0.0354. The first-order chi connectivity index (χ1) is 12.5. The zero-order valence-corrected chi connectivity index (χ0v) is 15.6. The minimum Gasteiger partial charge on any atom is -0.508 e. The summed E-state index contributed by atoms with van der Waals surface area (Å²) in [7, 11) is 0. The molecule has 1 unspecified atom stereocenters. The maximum Gasteiger partial charge on any atom is 0.115 e. The van der Waals surface area contributed by atoms with Gasteiger partial charge in [-0.25, -0.2) is 0 Å². The van der Waals surface area contributed by atoms with Crippen LogP contribution in [0.5, 0.6) is 5.75 Å². The number of aryl methyl sites for hydroxylation is 1. The molecule has 4 rings (SSSR count). The third kappa shape index (κ3) is 3.79. The molecule has 0 amide bonds. The van der Waals surface area contributed by atoms with Crippen molar-refractivity contribution < 1.29 is 10.2 Å². The van der Waals surface area contributed by atoms with Gasteiger partial charge in [0.15, 0.2) is 0 Å². The van der Waals surface area contributed by atoms with Crippen molar-refractivity contribution in [3.63, 3.8) is 0 Å². The van der Waals surface area contributed by atoms with Crippen molar-refractivity contribution in [3.05, 3.63) is 65.2 Å². The Kier molecular flexibility index (Phi) is 4.76. The molecule has 138 valence electrons. The van der Waals surface area contributed by atoms with Gasteiger partial charge in [0.05, 0.1) is 5.60 Å². The van der Waals surface area contributed by atoms with E-state index in [-0.39, 0.29) is 0 Å². The minimum atomic E-state index is -0.523. The molecule has 0 bridgehead atoms. The van der Waals surface area contributed by atoms with E-state index in [2.05, 4.69) is 36.1 Å². The van der Waals surface area contributed by atoms with Gasteiger partial charge in [-0.1, -0.05) is 36.4 Å². The van der Waals surface area contributed by atoms with Crippen LogP contribution in [0.1, 0.15) is 29.5 Å². The molecular formula is C23H29NO2. The predicted molar refractivity (Wildman–Crippen MR) is 104 cm³/mol. The molecule has 3 heteroatoms. The van der Waals surface area contributed by atoms with Gasteiger partial charge in [0.25, 0.3) is 0 Å². The molecule has 26 heavy (non-hydrogen) atoms. The van der Waals surface area contributed by atoms with Crippen LogP contribution >= 0.6 is 0 Å². The monoisotopic (exact) mass is 351 g/mol. The van der Waals surface area contributed by atoms with E-state index in [1.54, 1.807) is 12.1 Å².